The summed E-state index contributed by atoms with van der Waals surface area (Å²) in [6, 6.07) is 0. The maximum absolute atomic E-state index is 11.6. The van der Waals surface area contributed by atoms with Crippen molar-refractivity contribution < 1.29 is 0 Å². The van der Waals surface area contributed by atoms with Crippen LogP contribution in [-0.4, -0.2) is 19.5 Å². The van der Waals surface area contributed by atoms with E-state index in [1.165, 1.54) is 4.57 Å². The third-order valence-electron chi connectivity index (χ3n) is 2.15. The lowest BCUT2D eigenvalue weighted by molar-refractivity contribution is 0.796. The Morgan fingerprint density at radius 2 is 2.31 bits per heavy atom. The molecule has 2 aromatic heterocycles. The molecule has 84 valence electrons. The fourth-order valence-corrected chi connectivity index (χ4v) is 1.58. The Morgan fingerprint density at radius 1 is 1.56 bits per heavy atom. The highest BCUT2D eigenvalue weighted by Crippen LogP contribution is 2.15. The number of nitrogens with zero attached hydrogens (tertiary/aromatic N) is 3. The number of nitrogen functional groups attached to an aromatic ring is 1. The molecule has 0 unspecified atom stereocenters. The summed E-state index contributed by atoms with van der Waals surface area (Å²) in [5.74, 6) is 0.173. The molecule has 3 N–H and O–H groups in total. The second-order valence-electron chi connectivity index (χ2n) is 3.19. The smallest absolute Gasteiger partial charge is 0.328 e. The van der Waals surface area contributed by atoms with Crippen molar-refractivity contribution in [2.45, 2.75) is 13.5 Å². The average molecular weight is 240 g/mol. The fraction of sp³-hybridized carbons (Fsp3) is 0.222. The minimum atomic E-state index is -0.281. The van der Waals surface area contributed by atoms with Gasteiger partial charge in [-0.1, -0.05) is 12.2 Å². The number of halogens is 1. The Bertz CT molecular complexity index is 612. The molecule has 0 bridgehead atoms. The molecule has 0 radical (unpaired) electrons. The minimum absolute atomic E-state index is 0.0261. The molecule has 0 fully saturated rings. The van der Waals surface area contributed by atoms with Crippen LogP contribution in [0.5, 0.6) is 0 Å². The van der Waals surface area contributed by atoms with Crippen molar-refractivity contribution >= 4 is 28.6 Å². The Balaban J connectivity index is 2.73. The summed E-state index contributed by atoms with van der Waals surface area (Å²) < 4.78 is 1.44. The molecule has 0 spiro atoms. The molecule has 6 nitrogen and oxygen atoms in total. The molecular formula is C9H10ClN5O. The highest BCUT2D eigenvalue weighted by molar-refractivity contribution is 6.28. The van der Waals surface area contributed by atoms with Crippen molar-refractivity contribution in [1.82, 2.24) is 19.5 Å². The summed E-state index contributed by atoms with van der Waals surface area (Å²) >= 11 is 5.69. The molecule has 0 saturated heterocycles. The van der Waals surface area contributed by atoms with Gasteiger partial charge in [-0.25, -0.2) is 4.79 Å². The van der Waals surface area contributed by atoms with Crippen LogP contribution in [0.3, 0.4) is 0 Å². The standard InChI is InChI=1S/C9H10ClN5O/c1-2-3-4-15-7-5(12-9(15)16)6(11)13-8(10)14-7/h2-3H,4H2,1H3,(H,12,16)(H2,11,13,14)/b3-2+. The molecule has 2 aromatic rings. The first-order chi connectivity index (χ1) is 7.63. The number of hydrogen-bond acceptors (Lipinski definition) is 4. The molecule has 0 atom stereocenters. The zero-order chi connectivity index (χ0) is 11.7. The van der Waals surface area contributed by atoms with Crippen molar-refractivity contribution in [1.29, 1.82) is 0 Å². The van der Waals surface area contributed by atoms with Crippen molar-refractivity contribution in [3.05, 3.63) is 27.9 Å². The minimum Gasteiger partial charge on any atom is -0.382 e. The zero-order valence-electron chi connectivity index (χ0n) is 8.57. The Hall–Kier alpha value is -1.82. The number of imidazole rings is 1. The van der Waals surface area contributed by atoms with E-state index in [-0.39, 0.29) is 16.8 Å². The van der Waals surface area contributed by atoms with Crippen LogP contribution in [-0.2, 0) is 6.54 Å². The van der Waals surface area contributed by atoms with Gasteiger partial charge in [0.2, 0.25) is 5.28 Å². The second-order valence-corrected chi connectivity index (χ2v) is 3.52. The van der Waals surface area contributed by atoms with Crippen molar-refractivity contribution in [3.8, 4) is 0 Å². The van der Waals surface area contributed by atoms with Crippen LogP contribution in [0.2, 0.25) is 5.28 Å². The number of anilines is 1. The molecule has 0 aliphatic rings. The second kappa shape index (κ2) is 3.97. The number of nitrogens with two attached hydrogens (primary N) is 1. The number of hydrogen-bond donors (Lipinski definition) is 2. The lowest BCUT2D eigenvalue weighted by Crippen LogP contribution is -2.16. The number of nitrogens with one attached hydrogen (secondary N) is 1. The quantitative estimate of drug-likeness (QED) is 0.603. The van der Waals surface area contributed by atoms with Gasteiger partial charge in [-0.05, 0) is 18.5 Å². The van der Waals surface area contributed by atoms with Crippen LogP contribution < -0.4 is 11.4 Å². The first kappa shape index (κ1) is 10.7. The first-order valence-electron chi connectivity index (χ1n) is 4.66. The van der Waals surface area contributed by atoms with Crippen molar-refractivity contribution in [2.75, 3.05) is 5.73 Å². The topological polar surface area (TPSA) is 89.6 Å². The molecular weight excluding hydrogens is 230 g/mol. The number of H-pyrrole nitrogens is 1. The van der Waals surface area contributed by atoms with Crippen molar-refractivity contribution in [2.24, 2.45) is 0 Å². The zero-order valence-corrected chi connectivity index (χ0v) is 9.32. The number of fused-ring (bicyclic) bond motifs is 1. The molecule has 0 amide bonds. The maximum Gasteiger partial charge on any atom is 0.328 e. The van der Waals surface area contributed by atoms with E-state index in [1.54, 1.807) is 0 Å². The molecule has 2 heterocycles. The van der Waals surface area contributed by atoms with Gasteiger partial charge >= 0.3 is 5.69 Å². The van der Waals surface area contributed by atoms with Crippen LogP contribution >= 0.6 is 11.6 Å². The van der Waals surface area contributed by atoms with Gasteiger partial charge in [0.05, 0.1) is 0 Å². The summed E-state index contributed by atoms with van der Waals surface area (Å²) in [4.78, 5) is 22.0. The number of rotatable bonds is 2. The molecule has 16 heavy (non-hydrogen) atoms. The molecule has 0 aromatic carbocycles. The van der Waals surface area contributed by atoms with Crippen LogP contribution in [0.15, 0.2) is 16.9 Å². The number of allylic oxidation sites excluding steroid dienone is 2. The highest BCUT2D eigenvalue weighted by Gasteiger charge is 2.11. The van der Waals surface area contributed by atoms with Gasteiger partial charge in [0.1, 0.15) is 5.52 Å². The molecule has 0 aliphatic heterocycles. The van der Waals surface area contributed by atoms with Crippen LogP contribution in [0.1, 0.15) is 6.92 Å². The molecule has 0 saturated carbocycles. The largest absolute Gasteiger partial charge is 0.382 e. The third kappa shape index (κ3) is 1.67. The Kier molecular flexibility index (Phi) is 2.66. The van der Waals surface area contributed by atoms with E-state index in [4.69, 9.17) is 17.3 Å². The summed E-state index contributed by atoms with van der Waals surface area (Å²) in [7, 11) is 0. The first-order valence-corrected chi connectivity index (χ1v) is 5.04. The average Bonchev–Trinajstić information content (AvgIpc) is 2.53. The number of aromatic amines is 1. The lowest BCUT2D eigenvalue weighted by Gasteiger charge is -1.99. The summed E-state index contributed by atoms with van der Waals surface area (Å²) in [5, 5.41) is 0.0261. The van der Waals surface area contributed by atoms with Crippen LogP contribution in [0.4, 0.5) is 5.82 Å². The van der Waals surface area contributed by atoms with Gasteiger partial charge in [-0.3, -0.25) is 4.57 Å². The molecule has 7 heteroatoms. The van der Waals surface area contributed by atoms with Gasteiger partial charge < -0.3 is 10.7 Å². The number of aromatic nitrogens is 4. The van der Waals surface area contributed by atoms with Gasteiger partial charge in [-0.2, -0.15) is 9.97 Å². The van der Waals surface area contributed by atoms with E-state index in [2.05, 4.69) is 15.0 Å². The predicted octanol–water partition coefficient (Wildman–Crippen LogP) is 0.931. The lowest BCUT2D eigenvalue weighted by atomic mass is 10.5. The monoisotopic (exact) mass is 239 g/mol. The van der Waals surface area contributed by atoms with E-state index in [1.807, 2.05) is 19.1 Å². The summed E-state index contributed by atoms with van der Waals surface area (Å²) in [6.45, 7) is 2.29. The SMILES string of the molecule is C/C=C/Cn1c(=O)[nH]c2c(N)nc(Cl)nc21. The van der Waals surface area contributed by atoms with Crippen molar-refractivity contribution in [3.63, 3.8) is 0 Å². The van der Waals surface area contributed by atoms with E-state index in [0.29, 0.717) is 17.7 Å². The van der Waals surface area contributed by atoms with E-state index < -0.39 is 0 Å². The van der Waals surface area contributed by atoms with Gasteiger partial charge in [0.25, 0.3) is 0 Å². The van der Waals surface area contributed by atoms with E-state index in [9.17, 15) is 4.79 Å². The van der Waals surface area contributed by atoms with Gasteiger partial charge in [0, 0.05) is 6.54 Å². The van der Waals surface area contributed by atoms with E-state index in [0.717, 1.165) is 0 Å². The molecule has 2 rings (SSSR count). The predicted molar refractivity (Wildman–Crippen MR) is 62.4 cm³/mol. The van der Waals surface area contributed by atoms with Gasteiger partial charge in [0.15, 0.2) is 11.5 Å². The normalized spacial score (nSPS) is 11.6. The third-order valence-corrected chi connectivity index (χ3v) is 2.32. The van der Waals surface area contributed by atoms with Gasteiger partial charge in [-0.15, -0.1) is 0 Å². The van der Waals surface area contributed by atoms with Crippen LogP contribution in [0, 0.1) is 0 Å². The summed E-state index contributed by atoms with van der Waals surface area (Å²) in [6.07, 6.45) is 3.68. The Labute approximate surface area is 95.8 Å². The highest BCUT2D eigenvalue weighted by atomic mass is 35.5. The van der Waals surface area contributed by atoms with E-state index >= 15 is 0 Å². The maximum atomic E-state index is 11.6. The molecule has 0 aliphatic carbocycles. The Morgan fingerprint density at radius 3 is 3.00 bits per heavy atom. The summed E-state index contributed by atoms with van der Waals surface area (Å²) in [5.41, 5.74) is 6.18. The van der Waals surface area contributed by atoms with Crippen LogP contribution in [0.25, 0.3) is 11.2 Å². The fourth-order valence-electron chi connectivity index (χ4n) is 1.40.